The van der Waals surface area contributed by atoms with Crippen molar-refractivity contribution >= 4 is 22.9 Å². The highest BCUT2D eigenvalue weighted by atomic mass is 32.1. The summed E-state index contributed by atoms with van der Waals surface area (Å²) in [5.41, 5.74) is 2.88. The van der Waals surface area contributed by atoms with Gasteiger partial charge in [0.2, 0.25) is 0 Å². The number of nitrogens with zero attached hydrogens (tertiary/aromatic N) is 2. The van der Waals surface area contributed by atoms with Crippen molar-refractivity contribution in [1.82, 2.24) is 0 Å². The zero-order valence-corrected chi connectivity index (χ0v) is 15.3. The van der Waals surface area contributed by atoms with E-state index >= 15 is 0 Å². The summed E-state index contributed by atoms with van der Waals surface area (Å²) in [4.78, 5) is 3.42. The Morgan fingerprint density at radius 3 is 2.83 bits per heavy atom. The molecular weight excluding hydrogens is 316 g/mol. The molecule has 0 fully saturated rings. The summed E-state index contributed by atoms with van der Waals surface area (Å²) in [7, 11) is 0. The zero-order valence-electron chi connectivity index (χ0n) is 14.5. The minimum atomic E-state index is -0.899. The van der Waals surface area contributed by atoms with Crippen LogP contribution in [0.1, 0.15) is 41.7 Å². The predicted octanol–water partition coefficient (Wildman–Crippen LogP) is 4.02. The first kappa shape index (κ1) is 15.9. The Morgan fingerprint density at radius 2 is 2.04 bits per heavy atom. The van der Waals surface area contributed by atoms with Gasteiger partial charge in [-0.1, -0.05) is 18.2 Å². The van der Waals surface area contributed by atoms with E-state index in [0.717, 1.165) is 24.3 Å². The number of hydrogen-bond donors (Lipinski definition) is 1. The SMILES string of the molecule is Cc1ccc(C)c(N2C[C@](O)(c3cccs3)[N+]3=C2CCCCC3)c1. The Balaban J connectivity index is 1.85. The van der Waals surface area contributed by atoms with E-state index in [0.29, 0.717) is 6.54 Å². The number of amidine groups is 1. The number of benzene rings is 1. The van der Waals surface area contributed by atoms with E-state index in [2.05, 4.69) is 53.0 Å². The van der Waals surface area contributed by atoms with Crippen LogP contribution in [0.3, 0.4) is 0 Å². The molecule has 0 spiro atoms. The Labute approximate surface area is 147 Å². The van der Waals surface area contributed by atoms with Crippen molar-refractivity contribution in [2.45, 2.75) is 45.3 Å². The molecule has 1 aromatic carbocycles. The van der Waals surface area contributed by atoms with Crippen LogP contribution in [0.2, 0.25) is 0 Å². The number of hydrogen-bond acceptors (Lipinski definition) is 3. The number of aliphatic hydroxyl groups is 1. The van der Waals surface area contributed by atoms with Crippen LogP contribution in [0.4, 0.5) is 5.69 Å². The van der Waals surface area contributed by atoms with Crippen LogP contribution in [0.5, 0.6) is 0 Å². The lowest BCUT2D eigenvalue weighted by atomic mass is 10.1. The van der Waals surface area contributed by atoms with Crippen molar-refractivity contribution in [3.8, 4) is 0 Å². The average molecular weight is 342 g/mol. The summed E-state index contributed by atoms with van der Waals surface area (Å²) < 4.78 is 2.27. The third-order valence-electron chi connectivity index (χ3n) is 5.30. The van der Waals surface area contributed by atoms with Crippen LogP contribution >= 0.6 is 11.3 Å². The number of thiophene rings is 1. The molecule has 0 unspecified atom stereocenters. The lowest BCUT2D eigenvalue weighted by Gasteiger charge is -2.22. The summed E-state index contributed by atoms with van der Waals surface area (Å²) in [5.74, 6) is 1.29. The maximum absolute atomic E-state index is 11.6. The quantitative estimate of drug-likeness (QED) is 0.835. The number of β-amino-alcohol motifs (C(OH)–C–C–N with tert-alkyl or cyclic N) is 1. The van der Waals surface area contributed by atoms with Gasteiger partial charge in [0, 0.05) is 6.42 Å². The summed E-state index contributed by atoms with van der Waals surface area (Å²) in [6, 6.07) is 10.7. The fourth-order valence-corrected chi connectivity index (χ4v) is 4.85. The van der Waals surface area contributed by atoms with Gasteiger partial charge in [-0.2, -0.15) is 0 Å². The van der Waals surface area contributed by atoms with Crippen LogP contribution in [0.15, 0.2) is 35.7 Å². The zero-order chi connectivity index (χ0) is 16.7. The van der Waals surface area contributed by atoms with Crippen LogP contribution in [-0.4, -0.2) is 28.6 Å². The second kappa shape index (κ2) is 6.01. The fourth-order valence-electron chi connectivity index (χ4n) is 4.02. The third kappa shape index (κ3) is 2.49. The summed E-state index contributed by atoms with van der Waals surface area (Å²) >= 11 is 1.65. The molecular formula is C20H25N2OS+. The van der Waals surface area contributed by atoms with Crippen molar-refractivity contribution in [1.29, 1.82) is 0 Å². The number of rotatable bonds is 2. The van der Waals surface area contributed by atoms with E-state index in [1.165, 1.54) is 35.5 Å². The van der Waals surface area contributed by atoms with Gasteiger partial charge < -0.3 is 5.11 Å². The van der Waals surface area contributed by atoms with Crippen LogP contribution in [-0.2, 0) is 5.72 Å². The highest BCUT2D eigenvalue weighted by molar-refractivity contribution is 7.10. The highest BCUT2D eigenvalue weighted by Crippen LogP contribution is 2.38. The summed E-state index contributed by atoms with van der Waals surface area (Å²) in [6.07, 6.45) is 4.63. The molecule has 4 heteroatoms. The Hall–Kier alpha value is -1.65. The number of aryl methyl sites for hydroxylation is 2. The third-order valence-corrected chi connectivity index (χ3v) is 6.31. The minimum Gasteiger partial charge on any atom is -0.346 e. The molecule has 0 saturated carbocycles. The van der Waals surface area contributed by atoms with Crippen LogP contribution in [0.25, 0.3) is 0 Å². The molecule has 1 N–H and O–H groups in total. The summed E-state index contributed by atoms with van der Waals surface area (Å²) in [5, 5.41) is 13.7. The molecule has 1 atom stereocenters. The molecule has 3 nitrogen and oxygen atoms in total. The largest absolute Gasteiger partial charge is 0.346 e. The monoisotopic (exact) mass is 341 g/mol. The second-order valence-electron chi connectivity index (χ2n) is 7.05. The molecule has 0 saturated heterocycles. The first-order valence-corrected chi connectivity index (χ1v) is 9.72. The maximum atomic E-state index is 11.6. The van der Waals surface area contributed by atoms with Gasteiger partial charge in [0.25, 0.3) is 11.6 Å². The van der Waals surface area contributed by atoms with E-state index in [-0.39, 0.29) is 0 Å². The molecule has 4 rings (SSSR count). The molecule has 24 heavy (non-hydrogen) atoms. The molecule has 1 aromatic heterocycles. The van der Waals surface area contributed by atoms with E-state index in [1.54, 1.807) is 11.3 Å². The van der Waals surface area contributed by atoms with Gasteiger partial charge >= 0.3 is 0 Å². The fraction of sp³-hybridized carbons (Fsp3) is 0.450. The Morgan fingerprint density at radius 1 is 1.17 bits per heavy atom. The molecule has 0 aliphatic carbocycles. The van der Waals surface area contributed by atoms with Crippen molar-refractivity contribution in [2.75, 3.05) is 18.0 Å². The molecule has 126 valence electrons. The standard InChI is InChI=1S/C20H25N2OS/c1-15-9-10-16(2)17(13-15)21-14-20(23,18-7-6-12-24-18)22-11-5-3-4-8-19(21)22/h6-7,9-10,12-13,23H,3-5,8,11,14H2,1-2H3/q+1/t20-/m0/s1. The van der Waals surface area contributed by atoms with Crippen molar-refractivity contribution in [3.05, 3.63) is 51.7 Å². The second-order valence-corrected chi connectivity index (χ2v) is 8.00. The lowest BCUT2D eigenvalue weighted by Crippen LogP contribution is -2.40. The molecule has 0 radical (unpaired) electrons. The topological polar surface area (TPSA) is 26.5 Å². The van der Waals surface area contributed by atoms with Gasteiger partial charge in [-0.3, -0.25) is 0 Å². The molecule has 2 aliphatic rings. The normalized spacial score (nSPS) is 24.2. The lowest BCUT2D eigenvalue weighted by molar-refractivity contribution is -0.657. The minimum absolute atomic E-state index is 0.618. The van der Waals surface area contributed by atoms with E-state index < -0.39 is 5.72 Å². The molecule has 3 heterocycles. The molecule has 2 aromatic rings. The number of anilines is 1. The predicted molar refractivity (Wildman–Crippen MR) is 100 cm³/mol. The highest BCUT2D eigenvalue weighted by Gasteiger charge is 2.52. The Bertz CT molecular complexity index is 781. The van der Waals surface area contributed by atoms with Crippen LogP contribution in [0, 0.1) is 13.8 Å². The molecule has 0 amide bonds. The van der Waals surface area contributed by atoms with E-state index in [9.17, 15) is 5.11 Å². The van der Waals surface area contributed by atoms with Crippen molar-refractivity contribution < 1.29 is 9.68 Å². The van der Waals surface area contributed by atoms with Gasteiger partial charge in [-0.05, 0) is 61.7 Å². The first-order valence-electron chi connectivity index (χ1n) is 8.84. The molecule has 2 aliphatic heterocycles. The maximum Gasteiger partial charge on any atom is 0.280 e. The summed E-state index contributed by atoms with van der Waals surface area (Å²) in [6.45, 7) is 5.86. The van der Waals surface area contributed by atoms with Crippen molar-refractivity contribution in [3.63, 3.8) is 0 Å². The van der Waals surface area contributed by atoms with Gasteiger partial charge in [-0.25, -0.2) is 9.48 Å². The van der Waals surface area contributed by atoms with Crippen molar-refractivity contribution in [2.24, 2.45) is 0 Å². The van der Waals surface area contributed by atoms with Gasteiger partial charge in [0.05, 0.1) is 11.4 Å². The average Bonchev–Trinajstić information content (AvgIpc) is 3.11. The van der Waals surface area contributed by atoms with E-state index in [1.807, 2.05) is 6.07 Å². The van der Waals surface area contributed by atoms with Crippen LogP contribution < -0.4 is 4.90 Å². The van der Waals surface area contributed by atoms with Gasteiger partial charge in [0.1, 0.15) is 5.69 Å². The van der Waals surface area contributed by atoms with Gasteiger partial charge in [0.15, 0.2) is 6.54 Å². The van der Waals surface area contributed by atoms with Gasteiger partial charge in [-0.15, -0.1) is 11.3 Å². The smallest absolute Gasteiger partial charge is 0.280 e. The Kier molecular flexibility index (Phi) is 3.97. The molecule has 0 bridgehead atoms. The van der Waals surface area contributed by atoms with E-state index in [4.69, 9.17) is 0 Å². The first-order chi connectivity index (χ1) is 11.6.